The molecule has 24 heavy (non-hydrogen) atoms. The Morgan fingerprint density at radius 2 is 1.88 bits per heavy atom. The molecule has 0 saturated heterocycles. The maximum absolute atomic E-state index is 12.8. The van der Waals surface area contributed by atoms with Crippen molar-refractivity contribution in [1.29, 1.82) is 0 Å². The highest BCUT2D eigenvalue weighted by Gasteiger charge is 2.21. The molecule has 1 heterocycles. The molecule has 0 aliphatic heterocycles. The molecule has 1 amide bonds. The highest BCUT2D eigenvalue weighted by atomic mass is 16.1. The lowest BCUT2D eigenvalue weighted by Gasteiger charge is -2.18. The van der Waals surface area contributed by atoms with Gasteiger partial charge in [0, 0.05) is 11.5 Å². The molecule has 0 bridgehead atoms. The largest absolute Gasteiger partial charge is 0.335 e. The van der Waals surface area contributed by atoms with Gasteiger partial charge < -0.3 is 10.4 Å². The zero-order chi connectivity index (χ0) is 16.9. The molecule has 0 unspecified atom stereocenters. The fraction of sp³-hybridized carbons (Fsp3) is 0.222. The SMILES string of the molecule is Cc1ccc(C[C@H](C(=O)Nc2ccccc2C)c2nnn[n-]2)cc1. The number of anilines is 1. The third-order valence-corrected chi connectivity index (χ3v) is 3.93. The van der Waals surface area contributed by atoms with E-state index in [-0.39, 0.29) is 5.91 Å². The summed E-state index contributed by atoms with van der Waals surface area (Å²) >= 11 is 0. The minimum Gasteiger partial charge on any atom is -0.335 e. The maximum Gasteiger partial charge on any atom is 0.232 e. The zero-order valence-corrected chi connectivity index (χ0v) is 13.6. The number of carbonyl (C=O) groups is 1. The van der Waals surface area contributed by atoms with E-state index in [2.05, 4.69) is 25.9 Å². The van der Waals surface area contributed by atoms with Crippen molar-refractivity contribution in [2.24, 2.45) is 0 Å². The standard InChI is InChI=1S/C18H19N5O/c1-12-7-9-14(10-8-12)11-15(17-20-22-23-21-17)18(24)19-16-6-4-3-5-13(16)2/h3-10,15H,11H2,1-2H3,(H2,19,20,21,22,23,24)/p-1/t15-/m0/s1. The summed E-state index contributed by atoms with van der Waals surface area (Å²) in [6.45, 7) is 3.98. The second kappa shape index (κ2) is 7.04. The molecule has 2 aromatic carbocycles. The van der Waals surface area contributed by atoms with Crippen molar-refractivity contribution in [2.45, 2.75) is 26.2 Å². The second-order valence-corrected chi connectivity index (χ2v) is 5.78. The lowest BCUT2D eigenvalue weighted by Crippen LogP contribution is -2.25. The number of rotatable bonds is 5. The van der Waals surface area contributed by atoms with E-state index < -0.39 is 5.92 Å². The number of aromatic nitrogens is 4. The number of hydrogen-bond acceptors (Lipinski definition) is 4. The van der Waals surface area contributed by atoms with E-state index in [1.54, 1.807) is 0 Å². The second-order valence-electron chi connectivity index (χ2n) is 5.78. The van der Waals surface area contributed by atoms with E-state index in [9.17, 15) is 4.79 Å². The number of benzene rings is 2. The summed E-state index contributed by atoms with van der Waals surface area (Å²) in [6.07, 6.45) is 0.491. The third-order valence-electron chi connectivity index (χ3n) is 3.93. The number of amides is 1. The quantitative estimate of drug-likeness (QED) is 0.780. The molecule has 1 atom stereocenters. The average Bonchev–Trinajstić information content (AvgIpc) is 3.10. The monoisotopic (exact) mass is 320 g/mol. The molecule has 6 heteroatoms. The summed E-state index contributed by atoms with van der Waals surface area (Å²) < 4.78 is 0. The number of aryl methyl sites for hydroxylation is 2. The number of carbonyl (C=O) groups excluding carboxylic acids is 1. The Labute approximate surface area is 140 Å². The van der Waals surface area contributed by atoms with Crippen molar-refractivity contribution in [1.82, 2.24) is 20.6 Å². The van der Waals surface area contributed by atoms with Crippen LogP contribution < -0.4 is 10.4 Å². The first-order valence-electron chi connectivity index (χ1n) is 7.74. The van der Waals surface area contributed by atoms with Crippen LogP contribution in [-0.4, -0.2) is 21.4 Å². The van der Waals surface area contributed by atoms with E-state index in [0.717, 1.165) is 16.8 Å². The Morgan fingerprint density at radius 1 is 1.12 bits per heavy atom. The van der Waals surface area contributed by atoms with Gasteiger partial charge >= 0.3 is 0 Å². The molecule has 3 aromatic rings. The van der Waals surface area contributed by atoms with Crippen molar-refractivity contribution in [3.8, 4) is 0 Å². The minimum atomic E-state index is -0.540. The van der Waals surface area contributed by atoms with Crippen LogP contribution in [0.3, 0.4) is 0 Å². The first-order chi connectivity index (χ1) is 11.6. The van der Waals surface area contributed by atoms with Crippen molar-refractivity contribution in [3.63, 3.8) is 0 Å². The smallest absolute Gasteiger partial charge is 0.232 e. The molecule has 0 saturated carbocycles. The van der Waals surface area contributed by atoms with E-state index in [1.807, 2.05) is 62.4 Å². The van der Waals surface area contributed by atoms with Crippen LogP contribution in [0.15, 0.2) is 48.5 Å². The molecule has 1 N–H and O–H groups in total. The molecule has 0 spiro atoms. The predicted molar refractivity (Wildman–Crippen MR) is 90.6 cm³/mol. The van der Waals surface area contributed by atoms with E-state index in [0.29, 0.717) is 12.2 Å². The van der Waals surface area contributed by atoms with E-state index in [1.165, 1.54) is 5.56 Å². The van der Waals surface area contributed by atoms with Gasteiger partial charge in [0.25, 0.3) is 0 Å². The van der Waals surface area contributed by atoms with Crippen LogP contribution in [0.2, 0.25) is 0 Å². The summed E-state index contributed by atoms with van der Waals surface area (Å²) in [6, 6.07) is 15.7. The van der Waals surface area contributed by atoms with Gasteiger partial charge in [-0.2, -0.15) is 5.21 Å². The summed E-state index contributed by atoms with van der Waals surface area (Å²) in [4.78, 5) is 12.8. The molecule has 1 aromatic heterocycles. The lowest BCUT2D eigenvalue weighted by molar-refractivity contribution is -0.117. The van der Waals surface area contributed by atoms with Crippen LogP contribution >= 0.6 is 0 Å². The summed E-state index contributed by atoms with van der Waals surface area (Å²) in [5.41, 5.74) is 3.99. The lowest BCUT2D eigenvalue weighted by atomic mass is 9.97. The van der Waals surface area contributed by atoms with Crippen LogP contribution in [0.4, 0.5) is 5.69 Å². The molecule has 0 aliphatic rings. The number of hydrogen-bond donors (Lipinski definition) is 1. The Balaban J connectivity index is 1.83. The molecular formula is C18H18N5O-. The summed E-state index contributed by atoms with van der Waals surface area (Å²) in [5.74, 6) is -0.372. The van der Waals surface area contributed by atoms with Gasteiger partial charge in [-0.15, -0.1) is 0 Å². The van der Waals surface area contributed by atoms with Crippen LogP contribution in [0.5, 0.6) is 0 Å². The minimum absolute atomic E-state index is 0.167. The summed E-state index contributed by atoms with van der Waals surface area (Å²) in [5, 5.41) is 17.7. The number of para-hydroxylation sites is 1. The Kier molecular flexibility index (Phi) is 4.65. The zero-order valence-electron chi connectivity index (χ0n) is 13.6. The first-order valence-corrected chi connectivity index (χ1v) is 7.74. The average molecular weight is 320 g/mol. The van der Waals surface area contributed by atoms with Crippen molar-refractivity contribution in [2.75, 3.05) is 5.32 Å². The van der Waals surface area contributed by atoms with Gasteiger partial charge in [0.05, 0.1) is 5.92 Å². The van der Waals surface area contributed by atoms with E-state index >= 15 is 0 Å². The van der Waals surface area contributed by atoms with Gasteiger partial charge in [0.2, 0.25) is 5.91 Å². The fourth-order valence-electron chi connectivity index (χ4n) is 2.49. The molecule has 3 rings (SSSR count). The predicted octanol–water partition coefficient (Wildman–Crippen LogP) is 2.41. The molecule has 6 nitrogen and oxygen atoms in total. The van der Waals surface area contributed by atoms with Crippen molar-refractivity contribution < 1.29 is 4.79 Å². The highest BCUT2D eigenvalue weighted by Crippen LogP contribution is 2.21. The Morgan fingerprint density at radius 3 is 2.54 bits per heavy atom. The van der Waals surface area contributed by atoms with Gasteiger partial charge in [-0.3, -0.25) is 15.1 Å². The third kappa shape index (κ3) is 3.65. The number of tetrazole rings is 1. The number of nitrogens with zero attached hydrogens (tertiary/aromatic N) is 4. The van der Waals surface area contributed by atoms with Crippen molar-refractivity contribution in [3.05, 3.63) is 71.0 Å². The molecule has 0 fully saturated rings. The van der Waals surface area contributed by atoms with E-state index in [4.69, 9.17) is 0 Å². The molecule has 0 aliphatic carbocycles. The van der Waals surface area contributed by atoms with Gasteiger partial charge in [-0.25, -0.2) is 0 Å². The fourth-order valence-corrected chi connectivity index (χ4v) is 2.49. The molecular weight excluding hydrogens is 302 g/mol. The molecule has 0 radical (unpaired) electrons. The van der Waals surface area contributed by atoms with Crippen LogP contribution in [0, 0.1) is 13.8 Å². The van der Waals surface area contributed by atoms with Crippen molar-refractivity contribution >= 4 is 11.6 Å². The topological polar surface area (TPSA) is 81.9 Å². The first kappa shape index (κ1) is 15.9. The number of nitrogens with one attached hydrogen (secondary N) is 1. The van der Waals surface area contributed by atoms with Crippen LogP contribution in [0.1, 0.15) is 28.4 Å². The van der Waals surface area contributed by atoms with Gasteiger partial charge in [-0.05, 0) is 37.5 Å². The molecule has 122 valence electrons. The van der Waals surface area contributed by atoms with Gasteiger partial charge in [-0.1, -0.05) is 48.0 Å². The van der Waals surface area contributed by atoms with Crippen LogP contribution in [-0.2, 0) is 11.2 Å². The normalized spacial score (nSPS) is 11.9. The Bertz CT molecular complexity index is 812. The van der Waals surface area contributed by atoms with Gasteiger partial charge in [0.1, 0.15) is 0 Å². The maximum atomic E-state index is 12.8. The van der Waals surface area contributed by atoms with Gasteiger partial charge in [0.15, 0.2) is 0 Å². The summed E-state index contributed by atoms with van der Waals surface area (Å²) in [7, 11) is 0. The Hall–Kier alpha value is -3.02. The highest BCUT2D eigenvalue weighted by molar-refractivity contribution is 5.96. The van der Waals surface area contributed by atoms with Crippen LogP contribution in [0.25, 0.3) is 0 Å².